The Balaban J connectivity index is 1.22. The molecule has 6 heteroatoms. The number of ether oxygens (including phenoxy) is 2. The minimum atomic E-state index is -1.56. The lowest BCUT2D eigenvalue weighted by atomic mass is 9.47. The molecule has 0 radical (unpaired) electrons. The van der Waals surface area contributed by atoms with E-state index in [2.05, 4.69) is 52.0 Å². The van der Waals surface area contributed by atoms with Crippen LogP contribution in [0.1, 0.15) is 105 Å². The fraction of sp³-hybridized carbons (Fsp3) is 0.771. The maximum atomic E-state index is 12.9. The Kier molecular flexibility index (Phi) is 8.67. The zero-order chi connectivity index (χ0) is 29.7. The van der Waals surface area contributed by atoms with Gasteiger partial charge in [-0.05, 0) is 97.4 Å². The van der Waals surface area contributed by atoms with E-state index in [9.17, 15) is 19.8 Å². The first-order valence-electron chi connectivity index (χ1n) is 16.2. The van der Waals surface area contributed by atoms with Crippen LogP contribution in [0.2, 0.25) is 0 Å². The van der Waals surface area contributed by atoms with Crippen LogP contribution in [0.4, 0.5) is 0 Å². The maximum absolute atomic E-state index is 12.9. The summed E-state index contributed by atoms with van der Waals surface area (Å²) in [6.45, 7) is 16.0. The number of aliphatic hydroxyl groups excluding tert-OH is 2. The fourth-order valence-corrected chi connectivity index (χ4v) is 9.92. The lowest BCUT2D eigenvalue weighted by molar-refractivity contribution is -0.151. The third-order valence-corrected chi connectivity index (χ3v) is 12.2. The molecule has 41 heavy (non-hydrogen) atoms. The molecule has 228 valence electrons. The minimum Gasteiger partial charge on any atom is -0.459 e. The molecule has 3 fully saturated rings. The molecule has 5 rings (SSSR count). The number of hydrogen-bond donors (Lipinski definition) is 2. The van der Waals surface area contributed by atoms with Gasteiger partial charge in [0.1, 0.15) is 12.2 Å². The van der Waals surface area contributed by atoms with Crippen LogP contribution in [-0.4, -0.2) is 40.6 Å². The number of esters is 2. The molecule has 0 bridgehead atoms. The van der Waals surface area contributed by atoms with Gasteiger partial charge in [-0.2, -0.15) is 0 Å². The molecule has 0 amide bonds. The Morgan fingerprint density at radius 2 is 1.88 bits per heavy atom. The van der Waals surface area contributed by atoms with Crippen molar-refractivity contribution in [3.8, 4) is 0 Å². The average molecular weight is 569 g/mol. The van der Waals surface area contributed by atoms with Crippen LogP contribution < -0.4 is 0 Å². The van der Waals surface area contributed by atoms with Crippen molar-refractivity contribution >= 4 is 11.9 Å². The van der Waals surface area contributed by atoms with Crippen LogP contribution in [0, 0.1) is 46.3 Å². The normalized spacial score (nSPS) is 39.6. The highest BCUT2D eigenvalue weighted by Crippen LogP contribution is 2.67. The van der Waals surface area contributed by atoms with E-state index in [-0.39, 0.29) is 22.7 Å². The predicted octanol–water partition coefficient (Wildman–Crippen LogP) is 6.66. The monoisotopic (exact) mass is 568 g/mol. The van der Waals surface area contributed by atoms with E-state index in [1.54, 1.807) is 0 Å². The van der Waals surface area contributed by atoms with Crippen LogP contribution >= 0.6 is 0 Å². The van der Waals surface area contributed by atoms with E-state index in [0.29, 0.717) is 11.3 Å². The quantitative estimate of drug-likeness (QED) is 0.184. The smallest absolute Gasteiger partial charge is 0.339 e. The molecule has 6 nitrogen and oxygen atoms in total. The topological polar surface area (TPSA) is 93.1 Å². The van der Waals surface area contributed by atoms with Gasteiger partial charge in [-0.25, -0.2) is 9.59 Å². The van der Waals surface area contributed by atoms with Gasteiger partial charge in [0.2, 0.25) is 6.29 Å². The molecule has 1 heterocycles. The van der Waals surface area contributed by atoms with Crippen LogP contribution in [0.25, 0.3) is 0 Å². The number of rotatable bonds is 9. The van der Waals surface area contributed by atoms with Crippen LogP contribution in [0.15, 0.2) is 35.5 Å². The molecule has 2 N–H and O–H groups in total. The summed E-state index contributed by atoms with van der Waals surface area (Å²) >= 11 is 0. The highest BCUT2D eigenvalue weighted by molar-refractivity contribution is 5.97. The van der Waals surface area contributed by atoms with Gasteiger partial charge < -0.3 is 19.7 Å². The number of hydrogen-bond acceptors (Lipinski definition) is 6. The molecule has 1 aliphatic heterocycles. The van der Waals surface area contributed by atoms with Crippen molar-refractivity contribution in [3.63, 3.8) is 0 Å². The molecule has 3 unspecified atom stereocenters. The number of fused-ring (bicyclic) bond motifs is 5. The van der Waals surface area contributed by atoms with E-state index in [4.69, 9.17) is 4.74 Å². The summed E-state index contributed by atoms with van der Waals surface area (Å²) in [5, 5.41) is 20.0. The zero-order valence-electron chi connectivity index (χ0n) is 25.9. The van der Waals surface area contributed by atoms with Gasteiger partial charge >= 0.3 is 11.9 Å². The number of allylic oxidation sites excluding steroid dienone is 1. The molecule has 5 aliphatic rings. The van der Waals surface area contributed by atoms with Crippen molar-refractivity contribution in [2.75, 3.05) is 0 Å². The Morgan fingerprint density at radius 1 is 1.12 bits per heavy atom. The Morgan fingerprint density at radius 3 is 2.56 bits per heavy atom. The number of cyclic esters (lactones) is 1. The van der Waals surface area contributed by atoms with Gasteiger partial charge in [0.25, 0.3) is 0 Å². The van der Waals surface area contributed by atoms with Crippen LogP contribution in [-0.2, 0) is 19.1 Å². The first-order valence-corrected chi connectivity index (χ1v) is 16.2. The van der Waals surface area contributed by atoms with E-state index in [1.807, 2.05) is 0 Å². The van der Waals surface area contributed by atoms with Gasteiger partial charge in [0, 0.05) is 6.42 Å². The van der Waals surface area contributed by atoms with Crippen LogP contribution in [0.5, 0.6) is 0 Å². The van der Waals surface area contributed by atoms with Crippen molar-refractivity contribution in [3.05, 3.63) is 35.5 Å². The lowest BCUT2D eigenvalue weighted by Gasteiger charge is -2.58. The third kappa shape index (κ3) is 5.60. The maximum Gasteiger partial charge on any atom is 0.339 e. The fourth-order valence-electron chi connectivity index (χ4n) is 9.92. The Bertz CT molecular complexity index is 1100. The number of carbonyl (C=O) groups is 2. The molecule has 0 aromatic heterocycles. The third-order valence-electron chi connectivity index (χ3n) is 12.2. The molecular formula is C35H52O6. The number of carbonyl (C=O) groups excluding carboxylic acids is 2. The minimum absolute atomic E-state index is 0.152. The molecular weight excluding hydrogens is 516 g/mol. The van der Waals surface area contributed by atoms with E-state index in [0.717, 1.165) is 61.3 Å². The molecule has 3 saturated carbocycles. The summed E-state index contributed by atoms with van der Waals surface area (Å²) in [6.07, 6.45) is 13.4. The summed E-state index contributed by atoms with van der Waals surface area (Å²) in [7, 11) is 0. The Labute approximate surface area is 246 Å². The van der Waals surface area contributed by atoms with Gasteiger partial charge in [-0.15, -0.1) is 0 Å². The number of aliphatic hydroxyl groups is 2. The zero-order valence-corrected chi connectivity index (χ0v) is 25.9. The first-order chi connectivity index (χ1) is 19.3. The summed E-state index contributed by atoms with van der Waals surface area (Å²) in [5.74, 6) is 3.14. The van der Waals surface area contributed by atoms with Crippen molar-refractivity contribution in [1.29, 1.82) is 0 Å². The standard InChI is InChI=1S/C35H52O6/c1-20(2)8-7-9-21(3)27-12-13-28-25-11-10-23-18-24(14-16-34(23,5)29(25)15-17-35(27,28)6)40-32(38)22(4)31(37)26-19-30(36)41-33(26)39/h10,19-21,24-25,27-31,36-37H,4,7-9,11-18H2,1-3,5-6H3/t21-,24?,25+,27-,28+,29+,30?,31?,34+,35-/m1/s1. The van der Waals surface area contributed by atoms with E-state index >= 15 is 0 Å². The lowest BCUT2D eigenvalue weighted by Crippen LogP contribution is -2.51. The van der Waals surface area contributed by atoms with Crippen molar-refractivity contribution in [1.82, 2.24) is 0 Å². The van der Waals surface area contributed by atoms with Crippen LogP contribution in [0.3, 0.4) is 0 Å². The molecule has 0 aromatic carbocycles. The first kappa shape index (κ1) is 30.5. The summed E-state index contributed by atoms with van der Waals surface area (Å²) in [5.41, 5.74) is 1.65. The molecule has 0 spiro atoms. The second kappa shape index (κ2) is 11.6. The predicted molar refractivity (Wildman–Crippen MR) is 158 cm³/mol. The second-order valence-corrected chi connectivity index (χ2v) is 14.9. The summed E-state index contributed by atoms with van der Waals surface area (Å²) in [6, 6.07) is 0. The molecule has 0 saturated heterocycles. The van der Waals surface area contributed by atoms with Crippen molar-refractivity contribution < 1.29 is 29.3 Å². The SMILES string of the molecule is C=C(C(=O)OC1CC[C@@]2(C)C(=CC[C@H]3[C@@H]4CC[C@H]([C@H](C)CCCC(C)C)[C@@]4(C)CC[C@@H]32)C1)C(O)C1=CC(O)OC1=O. The summed E-state index contributed by atoms with van der Waals surface area (Å²) in [4.78, 5) is 24.7. The highest BCUT2D eigenvalue weighted by atomic mass is 16.6. The Hall–Kier alpha value is -1.92. The van der Waals surface area contributed by atoms with E-state index in [1.165, 1.54) is 50.5 Å². The summed E-state index contributed by atoms with van der Waals surface area (Å²) < 4.78 is 10.4. The molecule has 0 aromatic rings. The molecule has 4 aliphatic carbocycles. The van der Waals surface area contributed by atoms with Crippen molar-refractivity contribution in [2.24, 2.45) is 46.3 Å². The van der Waals surface area contributed by atoms with Gasteiger partial charge in [-0.3, -0.25) is 0 Å². The largest absolute Gasteiger partial charge is 0.459 e. The van der Waals surface area contributed by atoms with E-state index < -0.39 is 24.3 Å². The highest BCUT2D eigenvalue weighted by Gasteiger charge is 2.59. The molecule has 10 atom stereocenters. The van der Waals surface area contributed by atoms with Crippen molar-refractivity contribution in [2.45, 2.75) is 124 Å². The second-order valence-electron chi connectivity index (χ2n) is 14.9. The van der Waals surface area contributed by atoms with Gasteiger partial charge in [0.05, 0.1) is 11.1 Å². The average Bonchev–Trinajstić information content (AvgIpc) is 3.45. The van der Waals surface area contributed by atoms with Gasteiger partial charge in [0.15, 0.2) is 0 Å². The van der Waals surface area contributed by atoms with Gasteiger partial charge in [-0.1, -0.05) is 72.1 Å².